The minimum Gasteiger partial charge on any atom is -0.422 e. The molecule has 1 heterocycles. The van der Waals surface area contributed by atoms with Gasteiger partial charge in [0.25, 0.3) is 0 Å². The van der Waals surface area contributed by atoms with E-state index in [1.165, 1.54) is 12.3 Å². The van der Waals surface area contributed by atoms with E-state index in [1.807, 2.05) is 26.0 Å². The van der Waals surface area contributed by atoms with Crippen LogP contribution in [0.5, 0.6) is 0 Å². The summed E-state index contributed by atoms with van der Waals surface area (Å²) in [5.41, 5.74) is 3.67. The number of aryl methyl sites for hydroxylation is 2. The van der Waals surface area contributed by atoms with Crippen LogP contribution in [-0.2, 0) is 16.4 Å². The topological polar surface area (TPSA) is 76.4 Å². The first-order valence-electron chi connectivity index (χ1n) is 7.82. The zero-order valence-electron chi connectivity index (χ0n) is 14.3. The Hall–Kier alpha value is -2.60. The van der Waals surface area contributed by atoms with Gasteiger partial charge in [-0.05, 0) is 48.7 Å². The Morgan fingerprint density at radius 3 is 2.56 bits per heavy atom. The second-order valence-corrected chi connectivity index (χ2v) is 8.14. The van der Waals surface area contributed by atoms with Crippen molar-refractivity contribution in [3.8, 4) is 0 Å². The first-order chi connectivity index (χ1) is 11.8. The first kappa shape index (κ1) is 17.2. The van der Waals surface area contributed by atoms with Crippen LogP contribution >= 0.6 is 0 Å². The van der Waals surface area contributed by atoms with Gasteiger partial charge < -0.3 is 9.73 Å². The molecular formula is C19H19NO4S. The molecule has 0 fully saturated rings. The number of nitrogens with one attached hydrogen (secondary N) is 1. The normalized spacial score (nSPS) is 11.6. The maximum absolute atomic E-state index is 11.9. The number of anilines is 1. The van der Waals surface area contributed by atoms with E-state index >= 15 is 0 Å². The van der Waals surface area contributed by atoms with Gasteiger partial charge in [0.2, 0.25) is 0 Å². The predicted molar refractivity (Wildman–Crippen MR) is 98.8 cm³/mol. The van der Waals surface area contributed by atoms with Gasteiger partial charge >= 0.3 is 5.63 Å². The summed E-state index contributed by atoms with van der Waals surface area (Å²) in [7, 11) is -3.27. The molecule has 1 aromatic heterocycles. The highest BCUT2D eigenvalue weighted by atomic mass is 32.2. The molecule has 130 valence electrons. The average molecular weight is 357 g/mol. The van der Waals surface area contributed by atoms with Crippen molar-refractivity contribution in [3.63, 3.8) is 0 Å². The van der Waals surface area contributed by atoms with E-state index in [-0.39, 0.29) is 4.90 Å². The molecule has 6 heteroatoms. The minimum atomic E-state index is -3.27. The summed E-state index contributed by atoms with van der Waals surface area (Å²) in [6.45, 7) is 4.28. The monoisotopic (exact) mass is 357 g/mol. The molecule has 25 heavy (non-hydrogen) atoms. The molecule has 0 atom stereocenters. The highest BCUT2D eigenvalue weighted by molar-refractivity contribution is 7.90. The summed E-state index contributed by atoms with van der Waals surface area (Å²) in [6, 6.07) is 12.0. The van der Waals surface area contributed by atoms with Gasteiger partial charge in [0, 0.05) is 29.9 Å². The van der Waals surface area contributed by atoms with Gasteiger partial charge in [0.05, 0.1) is 4.90 Å². The fourth-order valence-corrected chi connectivity index (χ4v) is 3.37. The van der Waals surface area contributed by atoms with Crippen molar-refractivity contribution in [2.24, 2.45) is 0 Å². The molecule has 0 unspecified atom stereocenters. The van der Waals surface area contributed by atoms with Gasteiger partial charge in [0.15, 0.2) is 9.84 Å². The molecule has 0 amide bonds. The summed E-state index contributed by atoms with van der Waals surface area (Å²) >= 11 is 0. The maximum atomic E-state index is 11.9. The van der Waals surface area contributed by atoms with Crippen LogP contribution in [0.25, 0.3) is 11.0 Å². The number of benzene rings is 2. The molecule has 0 aliphatic heterocycles. The van der Waals surface area contributed by atoms with Crippen LogP contribution in [0.3, 0.4) is 0 Å². The van der Waals surface area contributed by atoms with Crippen molar-refractivity contribution in [1.82, 2.24) is 0 Å². The third-order valence-electron chi connectivity index (χ3n) is 4.26. The molecule has 0 saturated carbocycles. The molecule has 0 bridgehead atoms. The Kier molecular flexibility index (Phi) is 4.39. The van der Waals surface area contributed by atoms with Crippen molar-refractivity contribution < 1.29 is 12.8 Å². The lowest BCUT2D eigenvalue weighted by atomic mass is 10.0. The third-order valence-corrected chi connectivity index (χ3v) is 5.37. The Bertz CT molecular complexity index is 1110. The van der Waals surface area contributed by atoms with Gasteiger partial charge in [-0.3, -0.25) is 0 Å². The van der Waals surface area contributed by atoms with Crippen LogP contribution in [0, 0.1) is 13.8 Å². The maximum Gasteiger partial charge on any atom is 0.336 e. The van der Waals surface area contributed by atoms with E-state index in [0.29, 0.717) is 17.8 Å². The lowest BCUT2D eigenvalue weighted by molar-refractivity contribution is 0.556. The molecule has 2 aromatic carbocycles. The smallest absolute Gasteiger partial charge is 0.336 e. The van der Waals surface area contributed by atoms with E-state index in [9.17, 15) is 13.2 Å². The van der Waals surface area contributed by atoms with E-state index in [1.54, 1.807) is 24.3 Å². The lowest BCUT2D eigenvalue weighted by Crippen LogP contribution is -2.07. The second-order valence-electron chi connectivity index (χ2n) is 6.13. The first-order valence-corrected chi connectivity index (χ1v) is 9.72. The van der Waals surface area contributed by atoms with E-state index in [0.717, 1.165) is 22.1 Å². The van der Waals surface area contributed by atoms with Crippen molar-refractivity contribution in [3.05, 3.63) is 69.6 Å². The molecule has 0 aliphatic carbocycles. The van der Waals surface area contributed by atoms with Crippen LogP contribution in [-0.4, -0.2) is 14.7 Å². The molecule has 3 aromatic rings. The van der Waals surface area contributed by atoms with Gasteiger partial charge in [-0.2, -0.15) is 0 Å². The summed E-state index contributed by atoms with van der Waals surface area (Å²) in [5.74, 6) is 0. The number of fused-ring (bicyclic) bond motifs is 1. The van der Waals surface area contributed by atoms with E-state index < -0.39 is 15.5 Å². The molecule has 0 aliphatic rings. The summed E-state index contributed by atoms with van der Waals surface area (Å²) in [5, 5.41) is 4.05. The highest BCUT2D eigenvalue weighted by Gasteiger charge is 2.10. The number of hydrogen-bond donors (Lipinski definition) is 1. The summed E-state index contributed by atoms with van der Waals surface area (Å²) in [6.07, 6.45) is 1.17. The van der Waals surface area contributed by atoms with Gasteiger partial charge in [-0.15, -0.1) is 0 Å². The fourth-order valence-electron chi connectivity index (χ4n) is 2.70. The summed E-state index contributed by atoms with van der Waals surface area (Å²) < 4.78 is 28.7. The van der Waals surface area contributed by atoms with Gasteiger partial charge in [-0.25, -0.2) is 13.2 Å². The largest absolute Gasteiger partial charge is 0.422 e. The molecular weight excluding hydrogens is 338 g/mol. The molecule has 5 nitrogen and oxygen atoms in total. The predicted octanol–water partition coefficient (Wildman–Crippen LogP) is 3.43. The van der Waals surface area contributed by atoms with E-state index in [2.05, 4.69) is 5.32 Å². The van der Waals surface area contributed by atoms with Crippen LogP contribution in [0.2, 0.25) is 0 Å². The summed E-state index contributed by atoms with van der Waals surface area (Å²) in [4.78, 5) is 12.1. The second kappa shape index (κ2) is 6.37. The minimum absolute atomic E-state index is 0.251. The van der Waals surface area contributed by atoms with Crippen LogP contribution < -0.4 is 10.9 Å². The third kappa shape index (κ3) is 3.58. The average Bonchev–Trinajstić information content (AvgIpc) is 2.56. The van der Waals surface area contributed by atoms with Crippen molar-refractivity contribution >= 4 is 26.5 Å². The molecule has 0 radical (unpaired) electrons. The van der Waals surface area contributed by atoms with Crippen molar-refractivity contribution in [2.45, 2.75) is 25.3 Å². The van der Waals surface area contributed by atoms with Crippen LogP contribution in [0.4, 0.5) is 5.69 Å². The Morgan fingerprint density at radius 1 is 1.08 bits per heavy atom. The van der Waals surface area contributed by atoms with E-state index in [4.69, 9.17) is 4.42 Å². The fraction of sp³-hybridized carbons (Fsp3) is 0.211. The highest BCUT2D eigenvalue weighted by Crippen LogP contribution is 2.24. The molecule has 1 N–H and O–H groups in total. The lowest BCUT2D eigenvalue weighted by Gasteiger charge is -2.11. The molecule has 0 saturated heterocycles. The number of sulfone groups is 1. The zero-order valence-corrected chi connectivity index (χ0v) is 15.1. The molecule has 0 spiro atoms. The molecule has 3 rings (SSSR count). The zero-order chi connectivity index (χ0) is 18.2. The van der Waals surface area contributed by atoms with Crippen molar-refractivity contribution in [2.75, 3.05) is 11.6 Å². The van der Waals surface area contributed by atoms with Crippen molar-refractivity contribution in [1.29, 1.82) is 0 Å². The standard InChI is InChI=1S/C19H19NO4S/c1-12-7-8-17-14(9-18(21)24-19(17)13(12)2)11-20-15-5-4-6-16(10-15)25(3,22)23/h4-10,20H,11H2,1-3H3. The van der Waals surface area contributed by atoms with Crippen LogP contribution in [0.1, 0.15) is 16.7 Å². The van der Waals surface area contributed by atoms with Gasteiger partial charge in [0.1, 0.15) is 5.58 Å². The number of rotatable bonds is 4. The Balaban J connectivity index is 1.97. The number of hydrogen-bond acceptors (Lipinski definition) is 5. The quantitative estimate of drug-likeness (QED) is 0.724. The Labute approximate surface area is 146 Å². The Morgan fingerprint density at radius 2 is 1.84 bits per heavy atom. The SMILES string of the molecule is Cc1ccc2c(CNc3cccc(S(C)(=O)=O)c3)cc(=O)oc2c1C. The van der Waals surface area contributed by atoms with Crippen LogP contribution in [0.15, 0.2) is 56.6 Å². The van der Waals surface area contributed by atoms with Gasteiger partial charge in [-0.1, -0.05) is 18.2 Å².